The minimum Gasteiger partial charge on any atom is -0.496 e. The number of fused-ring (bicyclic) bond motifs is 5. The maximum absolute atomic E-state index is 13.9. The Hall–Kier alpha value is -4.24. The van der Waals surface area contributed by atoms with Gasteiger partial charge in [-0.2, -0.15) is 0 Å². The van der Waals surface area contributed by atoms with Gasteiger partial charge in [0.1, 0.15) is 23.2 Å². The van der Waals surface area contributed by atoms with Crippen LogP contribution >= 0.6 is 21.6 Å². The Labute approximate surface area is 343 Å². The van der Waals surface area contributed by atoms with Crippen molar-refractivity contribution in [2.75, 3.05) is 24.4 Å². The number of aliphatic hydroxyl groups is 1. The molecule has 2 aromatic carbocycles. The fourth-order valence-electron chi connectivity index (χ4n) is 7.12. The van der Waals surface area contributed by atoms with Crippen LogP contribution in [0.1, 0.15) is 78.7 Å². The lowest BCUT2D eigenvalue weighted by atomic mass is 9.86. The number of carbonyl (C=O) groups is 4. The lowest BCUT2D eigenvalue weighted by molar-refractivity contribution is -0.137. The summed E-state index contributed by atoms with van der Waals surface area (Å²) >= 11 is 0. The summed E-state index contributed by atoms with van der Waals surface area (Å²) in [6, 6.07) is 11.4. The number of allylic oxidation sites excluding steroid dienone is 3. The van der Waals surface area contributed by atoms with E-state index >= 15 is 0 Å². The molecule has 2 unspecified atom stereocenters. The van der Waals surface area contributed by atoms with E-state index in [1.165, 1.54) is 6.08 Å². The Morgan fingerprint density at radius 1 is 1.11 bits per heavy atom. The molecule has 2 fully saturated rings. The normalized spacial score (nSPS) is 28.0. The number of epoxide rings is 1. The number of carbonyl (C=O) groups excluding carboxylic acids is 3. The predicted octanol–water partition coefficient (Wildman–Crippen LogP) is 8.05. The molecule has 2 aromatic rings. The van der Waals surface area contributed by atoms with Gasteiger partial charge in [-0.3, -0.25) is 19.7 Å². The van der Waals surface area contributed by atoms with Crippen molar-refractivity contribution in [2.24, 2.45) is 5.92 Å². The first kappa shape index (κ1) is 43.9. The third-order valence-electron chi connectivity index (χ3n) is 10.5. The molecule has 0 saturated carbocycles. The van der Waals surface area contributed by atoms with Crippen molar-refractivity contribution in [1.29, 1.82) is 0 Å². The highest BCUT2D eigenvalue weighted by molar-refractivity contribution is 8.77. The topological polar surface area (TPSA) is 167 Å². The van der Waals surface area contributed by atoms with Crippen LogP contribution in [0.3, 0.4) is 0 Å². The molecule has 2 saturated heterocycles. The Kier molecular flexibility index (Phi) is 14.6. The number of nitrogens with one attached hydrogen (secondary N) is 2. The molecule has 14 heteroatoms. The van der Waals surface area contributed by atoms with E-state index in [1.807, 2.05) is 82.3 Å². The molecule has 3 amide bonds. The van der Waals surface area contributed by atoms with E-state index in [0.717, 1.165) is 16.7 Å². The molecule has 3 aliphatic rings. The van der Waals surface area contributed by atoms with Crippen LogP contribution in [0.5, 0.6) is 5.75 Å². The quantitative estimate of drug-likeness (QED) is 0.121. The van der Waals surface area contributed by atoms with Gasteiger partial charge in [0.15, 0.2) is 0 Å². The zero-order chi connectivity index (χ0) is 41.5. The van der Waals surface area contributed by atoms with E-state index in [0.29, 0.717) is 48.4 Å². The summed E-state index contributed by atoms with van der Waals surface area (Å²) in [4.78, 5) is 51.7. The predicted molar refractivity (Wildman–Crippen MR) is 226 cm³/mol. The molecule has 4 bridgehead atoms. The van der Waals surface area contributed by atoms with Crippen molar-refractivity contribution in [1.82, 2.24) is 5.32 Å². The summed E-state index contributed by atoms with van der Waals surface area (Å²) in [7, 11) is 6.65. The average molecular weight is 822 g/mol. The van der Waals surface area contributed by atoms with Gasteiger partial charge in [0.2, 0.25) is 5.91 Å². The number of aliphatic carboxylic acids is 1. The number of hydrogen-bond acceptors (Lipinski definition) is 10. The van der Waals surface area contributed by atoms with Crippen molar-refractivity contribution in [3.05, 3.63) is 77.9 Å². The Balaban J connectivity index is 1.36. The molecule has 5 rings (SSSR count). The zero-order valence-electron chi connectivity index (χ0n) is 33.7. The van der Waals surface area contributed by atoms with Crippen LogP contribution in [0.15, 0.2) is 72.4 Å². The van der Waals surface area contributed by atoms with Gasteiger partial charge in [0.25, 0.3) is 5.91 Å². The van der Waals surface area contributed by atoms with Crippen LogP contribution in [0.2, 0.25) is 0 Å². The van der Waals surface area contributed by atoms with Gasteiger partial charge in [0, 0.05) is 66.5 Å². The van der Waals surface area contributed by atoms with Crippen molar-refractivity contribution in [2.45, 2.75) is 114 Å². The van der Waals surface area contributed by atoms with Crippen molar-refractivity contribution < 1.29 is 43.6 Å². The summed E-state index contributed by atoms with van der Waals surface area (Å²) < 4.78 is 17.6. The second kappa shape index (κ2) is 19.0. The summed E-state index contributed by atoms with van der Waals surface area (Å²) in [5.41, 5.74) is 2.49. The highest BCUT2D eigenvalue weighted by Gasteiger charge is 2.57. The van der Waals surface area contributed by atoms with Gasteiger partial charge in [-0.05, 0) is 74.6 Å². The van der Waals surface area contributed by atoms with E-state index in [9.17, 15) is 24.3 Å². The maximum Gasteiger partial charge on any atom is 0.409 e. The second-order valence-electron chi connectivity index (χ2n) is 15.5. The molecule has 7 atom stereocenters. The molecule has 0 spiro atoms. The molecular formula is C43H55N3O9S2. The molecule has 308 valence electrons. The van der Waals surface area contributed by atoms with Crippen LogP contribution in [-0.2, 0) is 30.3 Å². The van der Waals surface area contributed by atoms with E-state index < -0.39 is 29.5 Å². The largest absolute Gasteiger partial charge is 0.496 e. The second-order valence-corrected chi connectivity index (χ2v) is 18.7. The van der Waals surface area contributed by atoms with Crippen LogP contribution in [0.25, 0.3) is 11.1 Å². The monoisotopic (exact) mass is 821 g/mol. The average Bonchev–Trinajstić information content (AvgIpc) is 3.85. The van der Waals surface area contributed by atoms with E-state index in [-0.39, 0.29) is 53.6 Å². The summed E-state index contributed by atoms with van der Waals surface area (Å²) in [6.07, 6.45) is 10.0. The van der Waals surface area contributed by atoms with Crippen molar-refractivity contribution in [3.63, 3.8) is 0 Å². The smallest absolute Gasteiger partial charge is 0.409 e. The lowest BCUT2D eigenvalue weighted by Gasteiger charge is -2.38. The van der Waals surface area contributed by atoms with Gasteiger partial charge < -0.3 is 34.6 Å². The number of methoxy groups -OCH3 is 1. The van der Waals surface area contributed by atoms with E-state index in [1.54, 1.807) is 46.7 Å². The number of alkyl carbamates (subject to hydrolysis) is 1. The highest BCUT2D eigenvalue weighted by Crippen LogP contribution is 2.46. The fraction of sp³-hybridized carbons (Fsp3) is 0.488. The van der Waals surface area contributed by atoms with Crippen LogP contribution in [0.4, 0.5) is 16.2 Å². The number of benzene rings is 2. The summed E-state index contributed by atoms with van der Waals surface area (Å²) in [5.74, 6) is -0.840. The molecule has 0 aromatic heterocycles. The minimum atomic E-state index is -1.47. The molecule has 4 N–H and O–H groups in total. The Morgan fingerprint density at radius 3 is 2.46 bits per heavy atom. The molecule has 0 aliphatic carbocycles. The SMILES string of the molecule is COc1cc2cc(c1-c1ccc(NC(=O)CCC(C)SSC(C)CCC(=O)O)cc1)N(C)C(=O)/C=C/[C@]1(C)O[C@H]1[C@H](C)[C@@H]1C[C@](O)(C/C=C/C=C(\C)C2)NC(=O)O1. The number of carboxylic acid groups (broad SMARTS) is 1. The molecule has 3 heterocycles. The Morgan fingerprint density at radius 2 is 1.79 bits per heavy atom. The minimum absolute atomic E-state index is 0.0969. The third kappa shape index (κ3) is 11.9. The number of carboxylic acids is 1. The number of rotatable bonds is 12. The van der Waals surface area contributed by atoms with Gasteiger partial charge in [-0.25, -0.2) is 4.79 Å². The van der Waals surface area contributed by atoms with Gasteiger partial charge in [-0.1, -0.05) is 78.3 Å². The number of amides is 3. The van der Waals surface area contributed by atoms with Crippen molar-refractivity contribution in [3.8, 4) is 16.9 Å². The fourth-order valence-corrected chi connectivity index (χ4v) is 9.64. The highest BCUT2D eigenvalue weighted by atomic mass is 33.1. The molecular weight excluding hydrogens is 767 g/mol. The first-order valence-corrected chi connectivity index (χ1v) is 21.6. The summed E-state index contributed by atoms with van der Waals surface area (Å²) in [6.45, 7) is 9.88. The number of hydrogen-bond donors (Lipinski definition) is 4. The standard InChI is InChI=1S/C43H55N3O9S2/c1-26-10-8-9-20-43(52)25-35(54-41(51)45-43)29(4)40-42(5,55-40)21-19-37(48)46(6)33-23-30(22-26)24-34(53-7)39(33)31-13-15-32(16-14-31)44-36(47)17-11-27(2)56-57-28(3)12-18-38(49)50/h8-10,13-16,19,21,23-24,27-29,35,40,52H,11-12,17-18,20,22,25H2,1-7H3,(H,44,47)(H,45,51)(H,49,50)/b9-8+,21-19+,26-10+/t27?,28?,29-,35+,40+,42+,43-/m1/s1. The van der Waals surface area contributed by atoms with Gasteiger partial charge in [0.05, 0.1) is 18.9 Å². The molecule has 3 aliphatic heterocycles. The van der Waals surface area contributed by atoms with Crippen LogP contribution in [-0.4, -0.2) is 82.3 Å². The Bertz CT molecular complexity index is 1900. The van der Waals surface area contributed by atoms with Crippen molar-refractivity contribution >= 4 is 56.8 Å². The lowest BCUT2D eigenvalue weighted by Crippen LogP contribution is -2.57. The number of anilines is 2. The van der Waals surface area contributed by atoms with Crippen LogP contribution < -0.4 is 20.3 Å². The summed E-state index contributed by atoms with van der Waals surface area (Å²) in [5, 5.41) is 26.2. The maximum atomic E-state index is 13.9. The molecule has 57 heavy (non-hydrogen) atoms. The first-order chi connectivity index (χ1) is 27.0. The number of likely N-dealkylation sites (N-methyl/N-ethyl adjacent to an activating group) is 1. The van der Waals surface area contributed by atoms with E-state index in [2.05, 4.69) is 17.6 Å². The third-order valence-corrected chi connectivity index (χ3v) is 14.1. The van der Waals surface area contributed by atoms with E-state index in [4.69, 9.17) is 19.3 Å². The molecule has 0 radical (unpaired) electrons. The van der Waals surface area contributed by atoms with Gasteiger partial charge in [-0.15, -0.1) is 0 Å². The number of ether oxygens (including phenoxy) is 3. The van der Waals surface area contributed by atoms with Gasteiger partial charge >= 0.3 is 12.1 Å². The number of nitrogens with zero attached hydrogens (tertiary/aromatic N) is 1. The van der Waals surface area contributed by atoms with Crippen LogP contribution in [0, 0.1) is 5.92 Å². The first-order valence-electron chi connectivity index (χ1n) is 19.3. The molecule has 12 nitrogen and oxygen atoms in total. The zero-order valence-corrected chi connectivity index (χ0v) is 35.3.